The Kier molecular flexibility index (Phi) is 4.54. The van der Waals surface area contributed by atoms with Crippen molar-refractivity contribution in [2.75, 3.05) is 31.6 Å². The van der Waals surface area contributed by atoms with Gasteiger partial charge in [0.05, 0.1) is 6.54 Å². The minimum atomic E-state index is -0.165. The number of piperazine rings is 1. The van der Waals surface area contributed by atoms with E-state index in [1.165, 1.54) is 0 Å². The minimum Gasteiger partial charge on any atom is -0.331 e. The van der Waals surface area contributed by atoms with E-state index in [0.717, 1.165) is 38.1 Å². The number of nitrogens with zero attached hydrogens (tertiary/aromatic N) is 2. The molecule has 2 amide bonds. The molecule has 0 aromatic rings. The summed E-state index contributed by atoms with van der Waals surface area (Å²) < 4.78 is 0. The predicted molar refractivity (Wildman–Crippen MR) is 73.5 cm³/mol. The molecule has 2 unspecified atom stereocenters. The number of carbonyl (C=O) groups excluding carboxylic acids is 2. The second kappa shape index (κ2) is 5.95. The van der Waals surface area contributed by atoms with Gasteiger partial charge in [0.15, 0.2) is 0 Å². The molecule has 18 heavy (non-hydrogen) atoms. The highest BCUT2D eigenvalue weighted by atomic mass is 32.2. The molecule has 2 aliphatic heterocycles. The van der Waals surface area contributed by atoms with E-state index in [1.807, 2.05) is 0 Å². The van der Waals surface area contributed by atoms with Crippen molar-refractivity contribution in [2.45, 2.75) is 32.2 Å². The zero-order valence-electron chi connectivity index (χ0n) is 11.2. The number of fused-ring (bicyclic) bond motifs is 1. The number of piperidine rings is 1. The molecular weight excluding hydrogens is 248 g/mol. The second-order valence-corrected chi connectivity index (χ2v) is 6.29. The Balaban J connectivity index is 2.00. The third-order valence-electron chi connectivity index (χ3n) is 3.73. The quantitative estimate of drug-likeness (QED) is 0.771. The molecule has 2 saturated heterocycles. The van der Waals surface area contributed by atoms with Gasteiger partial charge >= 0.3 is 0 Å². The van der Waals surface area contributed by atoms with Crippen molar-refractivity contribution in [2.24, 2.45) is 5.92 Å². The predicted octanol–water partition coefficient (Wildman–Crippen LogP) is 1.21. The van der Waals surface area contributed by atoms with E-state index in [1.54, 1.807) is 21.6 Å². The Hall–Kier alpha value is -0.710. The molecule has 4 nitrogen and oxygen atoms in total. The van der Waals surface area contributed by atoms with Crippen molar-refractivity contribution in [1.29, 1.82) is 0 Å². The van der Waals surface area contributed by atoms with Crippen LogP contribution in [0.2, 0.25) is 0 Å². The number of thioether (sulfide) groups is 1. The molecule has 5 heteroatoms. The Morgan fingerprint density at radius 3 is 2.89 bits per heavy atom. The van der Waals surface area contributed by atoms with E-state index in [2.05, 4.69) is 13.2 Å². The zero-order chi connectivity index (χ0) is 13.1. The molecule has 2 aliphatic rings. The number of hydrogen-bond donors (Lipinski definition) is 0. The number of rotatable bonds is 4. The Morgan fingerprint density at radius 1 is 1.39 bits per heavy atom. The summed E-state index contributed by atoms with van der Waals surface area (Å²) in [5.74, 6) is 1.79. The zero-order valence-corrected chi connectivity index (χ0v) is 12.0. The molecule has 0 aliphatic carbocycles. The van der Waals surface area contributed by atoms with E-state index >= 15 is 0 Å². The van der Waals surface area contributed by atoms with Crippen molar-refractivity contribution < 1.29 is 9.59 Å². The largest absolute Gasteiger partial charge is 0.331 e. The van der Waals surface area contributed by atoms with Crippen LogP contribution >= 0.6 is 11.8 Å². The fraction of sp³-hybridized carbons (Fsp3) is 0.846. The summed E-state index contributed by atoms with van der Waals surface area (Å²) in [5.41, 5.74) is 0. The molecular formula is C13H22N2O2S. The molecule has 0 aromatic carbocycles. The van der Waals surface area contributed by atoms with E-state index < -0.39 is 0 Å². The first-order chi connectivity index (χ1) is 8.63. The van der Waals surface area contributed by atoms with Crippen molar-refractivity contribution in [1.82, 2.24) is 9.80 Å². The van der Waals surface area contributed by atoms with Gasteiger partial charge < -0.3 is 9.80 Å². The van der Waals surface area contributed by atoms with Gasteiger partial charge in [0, 0.05) is 13.1 Å². The van der Waals surface area contributed by atoms with Crippen LogP contribution in [-0.4, -0.2) is 59.3 Å². The van der Waals surface area contributed by atoms with E-state index in [9.17, 15) is 9.59 Å². The van der Waals surface area contributed by atoms with Gasteiger partial charge in [0.2, 0.25) is 11.8 Å². The average molecular weight is 270 g/mol. The highest BCUT2D eigenvalue weighted by molar-refractivity contribution is 7.98. The first-order valence-electron chi connectivity index (χ1n) is 6.70. The molecule has 0 bridgehead atoms. The van der Waals surface area contributed by atoms with Crippen LogP contribution in [0.25, 0.3) is 0 Å². The smallest absolute Gasteiger partial charge is 0.245 e. The Bertz CT molecular complexity index is 335. The molecule has 0 spiro atoms. The van der Waals surface area contributed by atoms with E-state index in [0.29, 0.717) is 5.92 Å². The minimum absolute atomic E-state index is 0.135. The van der Waals surface area contributed by atoms with Gasteiger partial charge in [-0.15, -0.1) is 0 Å². The molecule has 2 fully saturated rings. The molecule has 0 radical (unpaired) electrons. The first-order valence-corrected chi connectivity index (χ1v) is 8.10. The van der Waals surface area contributed by atoms with Crippen molar-refractivity contribution in [3.8, 4) is 0 Å². The van der Waals surface area contributed by atoms with Crippen LogP contribution in [0.3, 0.4) is 0 Å². The summed E-state index contributed by atoms with van der Waals surface area (Å²) >= 11 is 1.79. The third-order valence-corrected chi connectivity index (χ3v) is 4.63. The topological polar surface area (TPSA) is 40.6 Å². The standard InChI is InChI=1S/C13H22N2O2S/c1-10(9-18-2)7-14-8-12(16)15-6-4-3-5-11(15)13(14)17/h10-11H,3-9H2,1-2H3. The van der Waals surface area contributed by atoms with Crippen LogP contribution in [-0.2, 0) is 9.59 Å². The summed E-state index contributed by atoms with van der Waals surface area (Å²) in [4.78, 5) is 28.0. The summed E-state index contributed by atoms with van der Waals surface area (Å²) in [6.07, 6.45) is 5.02. The summed E-state index contributed by atoms with van der Waals surface area (Å²) in [5, 5.41) is 0. The lowest BCUT2D eigenvalue weighted by molar-refractivity contribution is -0.158. The van der Waals surface area contributed by atoms with Gasteiger partial charge in [-0.05, 0) is 37.2 Å². The normalized spacial score (nSPS) is 26.2. The Morgan fingerprint density at radius 2 is 2.17 bits per heavy atom. The van der Waals surface area contributed by atoms with Crippen LogP contribution in [0.1, 0.15) is 26.2 Å². The molecule has 102 valence electrons. The van der Waals surface area contributed by atoms with Gasteiger partial charge in [0.25, 0.3) is 0 Å². The van der Waals surface area contributed by atoms with Crippen molar-refractivity contribution >= 4 is 23.6 Å². The van der Waals surface area contributed by atoms with Crippen LogP contribution < -0.4 is 0 Å². The highest BCUT2D eigenvalue weighted by Gasteiger charge is 2.40. The maximum Gasteiger partial charge on any atom is 0.245 e. The molecule has 0 aromatic heterocycles. The van der Waals surface area contributed by atoms with Crippen LogP contribution in [0.4, 0.5) is 0 Å². The molecule has 2 atom stereocenters. The summed E-state index contributed by atoms with van der Waals surface area (Å²) in [7, 11) is 0. The Labute approximate surface area is 113 Å². The van der Waals surface area contributed by atoms with Crippen LogP contribution in [0.5, 0.6) is 0 Å². The molecule has 2 heterocycles. The number of carbonyl (C=O) groups is 2. The van der Waals surface area contributed by atoms with Crippen molar-refractivity contribution in [3.63, 3.8) is 0 Å². The fourth-order valence-corrected chi connectivity index (χ4v) is 3.57. The maximum atomic E-state index is 12.4. The van der Waals surface area contributed by atoms with Crippen LogP contribution in [0.15, 0.2) is 0 Å². The molecule has 0 N–H and O–H groups in total. The fourth-order valence-electron chi connectivity index (χ4n) is 2.90. The molecule has 0 saturated carbocycles. The third kappa shape index (κ3) is 2.82. The van der Waals surface area contributed by atoms with Gasteiger partial charge in [0.1, 0.15) is 6.04 Å². The highest BCUT2D eigenvalue weighted by Crippen LogP contribution is 2.23. The van der Waals surface area contributed by atoms with Gasteiger partial charge in [-0.2, -0.15) is 11.8 Å². The summed E-state index contributed by atoms with van der Waals surface area (Å²) in [6.45, 7) is 3.91. The lowest BCUT2D eigenvalue weighted by atomic mass is 9.98. The lowest BCUT2D eigenvalue weighted by Gasteiger charge is -2.43. The van der Waals surface area contributed by atoms with Crippen molar-refractivity contribution in [3.05, 3.63) is 0 Å². The monoisotopic (exact) mass is 270 g/mol. The number of amides is 2. The maximum absolute atomic E-state index is 12.4. The second-order valence-electron chi connectivity index (χ2n) is 5.38. The number of hydrogen-bond acceptors (Lipinski definition) is 3. The van der Waals surface area contributed by atoms with Crippen LogP contribution in [0, 0.1) is 5.92 Å². The van der Waals surface area contributed by atoms with Gasteiger partial charge in [-0.25, -0.2) is 0 Å². The molecule has 2 rings (SSSR count). The van der Waals surface area contributed by atoms with E-state index in [-0.39, 0.29) is 24.4 Å². The average Bonchev–Trinajstić information content (AvgIpc) is 2.36. The van der Waals surface area contributed by atoms with Gasteiger partial charge in [-0.3, -0.25) is 9.59 Å². The summed E-state index contributed by atoms with van der Waals surface area (Å²) in [6, 6.07) is -0.165. The van der Waals surface area contributed by atoms with Gasteiger partial charge in [-0.1, -0.05) is 6.92 Å². The first kappa shape index (κ1) is 13.7. The lowest BCUT2D eigenvalue weighted by Crippen LogP contribution is -2.61. The van der Waals surface area contributed by atoms with E-state index in [4.69, 9.17) is 0 Å². The SMILES string of the molecule is CSCC(C)CN1CC(=O)N2CCCCC2C1=O.